The van der Waals surface area contributed by atoms with Gasteiger partial charge >= 0.3 is 0 Å². The van der Waals surface area contributed by atoms with Gasteiger partial charge in [-0.05, 0) is 25.5 Å². The van der Waals surface area contributed by atoms with Crippen molar-refractivity contribution in [2.24, 2.45) is 0 Å². The van der Waals surface area contributed by atoms with Gasteiger partial charge in [0.05, 0.1) is 13.2 Å². The summed E-state index contributed by atoms with van der Waals surface area (Å²) in [5.74, 6) is 0. The van der Waals surface area contributed by atoms with E-state index in [1.165, 1.54) is 11.3 Å². The highest BCUT2D eigenvalue weighted by molar-refractivity contribution is 7.91. The maximum Gasteiger partial charge on any atom is 0.252 e. The standard InChI is InChI=1S/C10H17NO4S2/c1-8-7-10(16-9(8)2)17(14,15)11(3-5-12)4-6-13/h7,12-13H,3-6H2,1-2H3. The van der Waals surface area contributed by atoms with Crippen molar-refractivity contribution in [3.63, 3.8) is 0 Å². The van der Waals surface area contributed by atoms with Crippen LogP contribution in [0, 0.1) is 13.8 Å². The molecule has 0 aromatic carbocycles. The Morgan fingerprint density at radius 3 is 2.12 bits per heavy atom. The molecule has 1 aromatic rings. The lowest BCUT2D eigenvalue weighted by molar-refractivity contribution is 0.217. The normalized spacial score (nSPS) is 12.3. The fourth-order valence-corrected chi connectivity index (χ4v) is 4.46. The number of sulfonamides is 1. The van der Waals surface area contributed by atoms with Gasteiger partial charge < -0.3 is 10.2 Å². The van der Waals surface area contributed by atoms with E-state index in [-0.39, 0.29) is 30.5 Å². The Labute approximate surface area is 105 Å². The fourth-order valence-electron chi connectivity index (χ4n) is 1.37. The zero-order chi connectivity index (χ0) is 13.1. The zero-order valence-corrected chi connectivity index (χ0v) is 11.5. The average molecular weight is 279 g/mol. The third kappa shape index (κ3) is 3.26. The Balaban J connectivity index is 3.06. The van der Waals surface area contributed by atoms with Crippen molar-refractivity contribution >= 4 is 21.4 Å². The molecular formula is C10H17NO4S2. The molecule has 0 aliphatic heterocycles. The summed E-state index contributed by atoms with van der Waals surface area (Å²) in [4.78, 5) is 0.955. The van der Waals surface area contributed by atoms with Gasteiger partial charge in [0, 0.05) is 18.0 Å². The van der Waals surface area contributed by atoms with E-state index in [9.17, 15) is 8.42 Å². The molecule has 0 amide bonds. The number of thiophene rings is 1. The molecule has 1 aromatic heterocycles. The molecule has 0 atom stereocenters. The average Bonchev–Trinajstić information content (AvgIpc) is 2.59. The molecule has 0 saturated carbocycles. The first kappa shape index (κ1) is 14.6. The van der Waals surface area contributed by atoms with Gasteiger partial charge in [-0.3, -0.25) is 0 Å². The lowest BCUT2D eigenvalue weighted by Gasteiger charge is -2.18. The summed E-state index contributed by atoms with van der Waals surface area (Å²) in [5.41, 5.74) is 0.932. The fraction of sp³-hybridized carbons (Fsp3) is 0.600. The van der Waals surface area contributed by atoms with Crippen molar-refractivity contribution in [2.75, 3.05) is 26.3 Å². The SMILES string of the molecule is Cc1cc(S(=O)(=O)N(CCO)CCO)sc1C. The predicted molar refractivity (Wildman–Crippen MR) is 66.7 cm³/mol. The summed E-state index contributed by atoms with van der Waals surface area (Å²) in [6, 6.07) is 1.62. The van der Waals surface area contributed by atoms with Crippen LogP contribution < -0.4 is 0 Å². The Morgan fingerprint density at radius 2 is 1.76 bits per heavy atom. The third-order valence-electron chi connectivity index (χ3n) is 2.44. The van der Waals surface area contributed by atoms with Crippen molar-refractivity contribution in [1.29, 1.82) is 0 Å². The van der Waals surface area contributed by atoms with Crippen molar-refractivity contribution in [3.05, 3.63) is 16.5 Å². The van der Waals surface area contributed by atoms with Gasteiger partial charge in [0.2, 0.25) is 0 Å². The largest absolute Gasteiger partial charge is 0.395 e. The molecule has 0 radical (unpaired) electrons. The lowest BCUT2D eigenvalue weighted by atomic mass is 10.3. The highest BCUT2D eigenvalue weighted by Crippen LogP contribution is 2.27. The molecule has 0 fully saturated rings. The molecule has 1 rings (SSSR count). The maximum atomic E-state index is 12.2. The summed E-state index contributed by atoms with van der Waals surface area (Å²) in [5, 5.41) is 17.7. The number of hydrogen-bond donors (Lipinski definition) is 2. The molecule has 0 spiro atoms. The van der Waals surface area contributed by atoms with Crippen molar-refractivity contribution < 1.29 is 18.6 Å². The van der Waals surface area contributed by atoms with Crippen molar-refractivity contribution in [2.45, 2.75) is 18.1 Å². The highest BCUT2D eigenvalue weighted by Gasteiger charge is 2.25. The molecule has 0 aliphatic carbocycles. The molecule has 17 heavy (non-hydrogen) atoms. The van der Waals surface area contributed by atoms with E-state index in [0.29, 0.717) is 0 Å². The summed E-state index contributed by atoms with van der Waals surface area (Å²) < 4.78 is 25.7. The first-order valence-corrected chi connectivity index (χ1v) is 7.48. The van der Waals surface area contributed by atoms with E-state index in [1.807, 2.05) is 13.8 Å². The van der Waals surface area contributed by atoms with Gasteiger partial charge in [-0.1, -0.05) is 0 Å². The summed E-state index contributed by atoms with van der Waals surface area (Å²) in [6.07, 6.45) is 0. The van der Waals surface area contributed by atoms with Crippen LogP contribution in [0.4, 0.5) is 0 Å². The molecule has 0 saturated heterocycles. The van der Waals surface area contributed by atoms with E-state index in [4.69, 9.17) is 10.2 Å². The minimum absolute atomic E-state index is 0.00110. The molecule has 0 unspecified atom stereocenters. The molecule has 1 heterocycles. The molecule has 5 nitrogen and oxygen atoms in total. The van der Waals surface area contributed by atoms with Gasteiger partial charge in [-0.15, -0.1) is 11.3 Å². The van der Waals surface area contributed by atoms with E-state index >= 15 is 0 Å². The van der Waals surface area contributed by atoms with Crippen LogP contribution in [0.2, 0.25) is 0 Å². The quantitative estimate of drug-likeness (QED) is 0.787. The minimum atomic E-state index is -3.60. The summed E-state index contributed by atoms with van der Waals surface area (Å²) >= 11 is 1.21. The van der Waals surface area contributed by atoms with Crippen LogP contribution in [-0.4, -0.2) is 49.2 Å². The Kier molecular flexibility index (Phi) is 5.08. The summed E-state index contributed by atoms with van der Waals surface area (Å²) in [6.45, 7) is 3.19. The van der Waals surface area contributed by atoms with Crippen LogP contribution in [0.3, 0.4) is 0 Å². The molecule has 0 bridgehead atoms. The number of aliphatic hydroxyl groups is 2. The number of nitrogens with zero attached hydrogens (tertiary/aromatic N) is 1. The van der Waals surface area contributed by atoms with Crippen LogP contribution in [-0.2, 0) is 10.0 Å². The Hall–Kier alpha value is -0.470. The van der Waals surface area contributed by atoms with Crippen molar-refractivity contribution in [3.8, 4) is 0 Å². The van der Waals surface area contributed by atoms with Crippen molar-refractivity contribution in [1.82, 2.24) is 4.31 Å². The van der Waals surface area contributed by atoms with Crippen LogP contribution in [0.25, 0.3) is 0 Å². The Bertz CT molecular complexity index is 441. The lowest BCUT2D eigenvalue weighted by Crippen LogP contribution is -2.35. The third-order valence-corrected chi connectivity index (χ3v) is 5.94. The predicted octanol–water partition coefficient (Wildman–Crippen LogP) is 0.340. The molecular weight excluding hydrogens is 262 g/mol. The van der Waals surface area contributed by atoms with Gasteiger partial charge in [-0.25, -0.2) is 8.42 Å². The molecule has 0 aliphatic rings. The van der Waals surface area contributed by atoms with Gasteiger partial charge in [0.1, 0.15) is 4.21 Å². The highest BCUT2D eigenvalue weighted by atomic mass is 32.2. The molecule has 7 heteroatoms. The molecule has 98 valence electrons. The zero-order valence-electron chi connectivity index (χ0n) is 9.88. The molecule has 2 N–H and O–H groups in total. The first-order valence-electron chi connectivity index (χ1n) is 5.22. The van der Waals surface area contributed by atoms with E-state index in [1.54, 1.807) is 6.07 Å². The number of aryl methyl sites for hydroxylation is 2. The van der Waals surface area contributed by atoms with E-state index in [0.717, 1.165) is 14.7 Å². The van der Waals surface area contributed by atoms with Crippen LogP contribution >= 0.6 is 11.3 Å². The van der Waals surface area contributed by atoms with Gasteiger partial charge in [-0.2, -0.15) is 4.31 Å². The van der Waals surface area contributed by atoms with Gasteiger partial charge in [0.15, 0.2) is 0 Å². The topological polar surface area (TPSA) is 77.8 Å². The smallest absolute Gasteiger partial charge is 0.252 e. The number of rotatable bonds is 6. The monoisotopic (exact) mass is 279 g/mol. The minimum Gasteiger partial charge on any atom is -0.395 e. The van der Waals surface area contributed by atoms with E-state index in [2.05, 4.69) is 0 Å². The second-order valence-electron chi connectivity index (χ2n) is 3.66. The number of aliphatic hydroxyl groups excluding tert-OH is 2. The van der Waals surface area contributed by atoms with Crippen LogP contribution in [0.5, 0.6) is 0 Å². The second-order valence-corrected chi connectivity index (χ2v) is 7.08. The van der Waals surface area contributed by atoms with Crippen LogP contribution in [0.1, 0.15) is 10.4 Å². The second kappa shape index (κ2) is 5.92. The summed E-state index contributed by atoms with van der Waals surface area (Å²) in [7, 11) is -3.60. The first-order chi connectivity index (χ1) is 7.93. The Morgan fingerprint density at radius 1 is 1.24 bits per heavy atom. The van der Waals surface area contributed by atoms with E-state index < -0.39 is 10.0 Å². The number of hydrogen-bond acceptors (Lipinski definition) is 5. The maximum absolute atomic E-state index is 12.2. The van der Waals surface area contributed by atoms with Crippen LogP contribution in [0.15, 0.2) is 10.3 Å². The van der Waals surface area contributed by atoms with Gasteiger partial charge in [0.25, 0.3) is 10.0 Å².